The summed E-state index contributed by atoms with van der Waals surface area (Å²) in [5.41, 5.74) is 4.73. The number of nitrogens with one attached hydrogen (secondary N) is 1. The largest absolute Gasteiger partial charge is 0.453 e. The fourth-order valence-corrected chi connectivity index (χ4v) is 4.42. The van der Waals surface area contributed by atoms with Crippen molar-refractivity contribution in [1.82, 2.24) is 4.72 Å². The van der Waals surface area contributed by atoms with E-state index in [0.717, 1.165) is 36.0 Å². The molecule has 3 rings (SSSR count). The molecule has 0 amide bonds. The number of rotatable bonds is 7. The van der Waals surface area contributed by atoms with Gasteiger partial charge in [0, 0.05) is 5.56 Å². The molecule has 0 saturated heterocycles. The fourth-order valence-electron chi connectivity index (χ4n) is 3.37. The first-order valence-corrected chi connectivity index (χ1v) is 11.1. The molecular formula is C22H25NO5S. The van der Waals surface area contributed by atoms with Gasteiger partial charge in [-0.3, -0.25) is 9.59 Å². The average Bonchev–Trinajstić information content (AvgIpc) is 3.15. The monoisotopic (exact) mass is 415 g/mol. The van der Waals surface area contributed by atoms with Crippen LogP contribution in [-0.4, -0.2) is 32.8 Å². The molecule has 0 radical (unpaired) electrons. The molecule has 2 aromatic carbocycles. The normalized spacial score (nSPS) is 14.3. The zero-order valence-corrected chi connectivity index (χ0v) is 17.6. The molecule has 29 heavy (non-hydrogen) atoms. The van der Waals surface area contributed by atoms with E-state index in [0.29, 0.717) is 5.56 Å². The maximum atomic E-state index is 12.6. The second-order valence-corrected chi connectivity index (χ2v) is 9.17. The molecule has 6 nitrogen and oxygen atoms in total. The molecule has 0 unspecified atom stereocenters. The number of sulfonamides is 1. The molecule has 7 heteroatoms. The van der Waals surface area contributed by atoms with E-state index in [1.807, 2.05) is 26.0 Å². The SMILES string of the molecule is Cc1ccc(S(=O)(=O)NCC(=O)O[C@H](C)C(=O)c2ccc3c(c2)CCC3)cc1C. The summed E-state index contributed by atoms with van der Waals surface area (Å²) in [6.07, 6.45) is 2.06. The summed E-state index contributed by atoms with van der Waals surface area (Å²) in [6, 6.07) is 10.3. The van der Waals surface area contributed by atoms with Crippen LogP contribution in [0.1, 0.15) is 46.0 Å². The Bertz CT molecular complexity index is 1060. The zero-order chi connectivity index (χ0) is 21.2. The number of esters is 1. The highest BCUT2D eigenvalue weighted by Crippen LogP contribution is 2.23. The summed E-state index contributed by atoms with van der Waals surface area (Å²) < 4.78 is 32.1. The highest BCUT2D eigenvalue weighted by Gasteiger charge is 2.23. The Morgan fingerprint density at radius 3 is 2.48 bits per heavy atom. The van der Waals surface area contributed by atoms with Gasteiger partial charge >= 0.3 is 5.97 Å². The summed E-state index contributed by atoms with van der Waals surface area (Å²) >= 11 is 0. The Hall–Kier alpha value is -2.51. The van der Waals surface area contributed by atoms with E-state index in [1.54, 1.807) is 18.2 Å². The Labute approximate surface area is 171 Å². The summed E-state index contributed by atoms with van der Waals surface area (Å²) in [5, 5.41) is 0. The van der Waals surface area contributed by atoms with E-state index in [9.17, 15) is 18.0 Å². The average molecular weight is 416 g/mol. The third-order valence-electron chi connectivity index (χ3n) is 5.26. The molecule has 0 saturated carbocycles. The van der Waals surface area contributed by atoms with Crippen LogP contribution in [0.3, 0.4) is 0 Å². The molecule has 2 aromatic rings. The van der Waals surface area contributed by atoms with Gasteiger partial charge in [0.2, 0.25) is 15.8 Å². The van der Waals surface area contributed by atoms with Gasteiger partial charge in [-0.15, -0.1) is 0 Å². The van der Waals surface area contributed by atoms with Crippen molar-refractivity contribution in [3.8, 4) is 0 Å². The number of hydrogen-bond donors (Lipinski definition) is 1. The lowest BCUT2D eigenvalue weighted by Gasteiger charge is -2.14. The Morgan fingerprint density at radius 1 is 1.03 bits per heavy atom. The number of Topliss-reactive ketones (excluding diaryl/α,β-unsaturated/α-hetero) is 1. The minimum Gasteiger partial charge on any atom is -0.453 e. The lowest BCUT2D eigenvalue weighted by atomic mass is 10.0. The molecule has 0 bridgehead atoms. The van der Waals surface area contributed by atoms with E-state index < -0.39 is 28.6 Å². The number of carbonyl (C=O) groups excluding carboxylic acids is 2. The van der Waals surface area contributed by atoms with Gasteiger partial charge in [0.15, 0.2) is 6.10 Å². The first kappa shape index (κ1) is 21.2. The number of aryl methyl sites for hydroxylation is 4. The molecule has 1 aliphatic carbocycles. The first-order chi connectivity index (χ1) is 13.7. The van der Waals surface area contributed by atoms with Crippen LogP contribution in [0.25, 0.3) is 0 Å². The van der Waals surface area contributed by atoms with Gasteiger partial charge in [-0.1, -0.05) is 18.2 Å². The number of carbonyl (C=O) groups is 2. The van der Waals surface area contributed by atoms with E-state index in [2.05, 4.69) is 4.72 Å². The van der Waals surface area contributed by atoms with Crippen LogP contribution in [0, 0.1) is 13.8 Å². The van der Waals surface area contributed by atoms with Crippen molar-refractivity contribution in [2.45, 2.75) is 51.0 Å². The quantitative estimate of drug-likeness (QED) is 0.555. The molecule has 0 aromatic heterocycles. The molecule has 0 heterocycles. The predicted octanol–water partition coefficient (Wildman–Crippen LogP) is 2.89. The van der Waals surface area contributed by atoms with E-state index >= 15 is 0 Å². The maximum Gasteiger partial charge on any atom is 0.321 e. The van der Waals surface area contributed by atoms with Crippen LogP contribution in [-0.2, 0) is 32.4 Å². The third-order valence-corrected chi connectivity index (χ3v) is 6.65. The molecule has 154 valence electrons. The van der Waals surface area contributed by atoms with Gasteiger partial charge in [-0.05, 0) is 80.5 Å². The van der Waals surface area contributed by atoms with Gasteiger partial charge in [0.05, 0.1) is 4.90 Å². The number of fused-ring (bicyclic) bond motifs is 1. The minimum atomic E-state index is -3.85. The van der Waals surface area contributed by atoms with Crippen LogP contribution in [0.5, 0.6) is 0 Å². The van der Waals surface area contributed by atoms with Crippen molar-refractivity contribution in [1.29, 1.82) is 0 Å². The van der Waals surface area contributed by atoms with Crippen LogP contribution in [0.2, 0.25) is 0 Å². The van der Waals surface area contributed by atoms with Gasteiger partial charge in [-0.25, -0.2) is 8.42 Å². The van der Waals surface area contributed by atoms with Crippen LogP contribution >= 0.6 is 0 Å². The molecule has 1 aliphatic rings. The third kappa shape index (κ3) is 4.92. The molecular weight excluding hydrogens is 390 g/mol. The maximum absolute atomic E-state index is 12.6. The standard InChI is InChI=1S/C22H25NO5S/c1-14-7-10-20(11-15(14)2)29(26,27)23-13-21(24)28-16(3)22(25)19-9-8-17-5-4-6-18(17)12-19/h7-12,16,23H,4-6,13H2,1-3H3/t16-/m1/s1. The molecule has 1 atom stereocenters. The smallest absolute Gasteiger partial charge is 0.321 e. The first-order valence-electron chi connectivity index (χ1n) is 9.60. The van der Waals surface area contributed by atoms with Crippen molar-refractivity contribution < 1.29 is 22.7 Å². The fraction of sp³-hybridized carbons (Fsp3) is 0.364. The molecule has 0 aliphatic heterocycles. The number of ketones is 1. The highest BCUT2D eigenvalue weighted by molar-refractivity contribution is 7.89. The predicted molar refractivity (Wildman–Crippen MR) is 109 cm³/mol. The summed E-state index contributed by atoms with van der Waals surface area (Å²) in [6.45, 7) is 4.65. The minimum absolute atomic E-state index is 0.0793. The summed E-state index contributed by atoms with van der Waals surface area (Å²) in [7, 11) is -3.85. The van der Waals surface area contributed by atoms with E-state index in [4.69, 9.17) is 4.74 Å². The van der Waals surface area contributed by atoms with Crippen LogP contribution < -0.4 is 4.72 Å². The second-order valence-electron chi connectivity index (χ2n) is 7.40. The van der Waals surface area contributed by atoms with Gasteiger partial charge in [-0.2, -0.15) is 4.72 Å². The van der Waals surface area contributed by atoms with Gasteiger partial charge in [0.25, 0.3) is 0 Å². The van der Waals surface area contributed by atoms with E-state index in [1.165, 1.54) is 18.6 Å². The number of benzene rings is 2. The van der Waals surface area contributed by atoms with E-state index in [-0.39, 0.29) is 10.7 Å². The van der Waals surface area contributed by atoms with Gasteiger partial charge in [0.1, 0.15) is 6.54 Å². The van der Waals surface area contributed by atoms with Crippen molar-refractivity contribution in [2.75, 3.05) is 6.54 Å². The van der Waals surface area contributed by atoms with Crippen molar-refractivity contribution >= 4 is 21.8 Å². The highest BCUT2D eigenvalue weighted by atomic mass is 32.2. The molecule has 0 fully saturated rings. The van der Waals surface area contributed by atoms with Crippen LogP contribution in [0.15, 0.2) is 41.3 Å². The van der Waals surface area contributed by atoms with Crippen molar-refractivity contribution in [3.63, 3.8) is 0 Å². The topological polar surface area (TPSA) is 89.5 Å². The molecule has 1 N–H and O–H groups in total. The second kappa shape index (κ2) is 8.47. The molecule has 0 spiro atoms. The Balaban J connectivity index is 1.58. The number of hydrogen-bond acceptors (Lipinski definition) is 5. The summed E-state index contributed by atoms with van der Waals surface area (Å²) in [5.74, 6) is -1.11. The lowest BCUT2D eigenvalue weighted by molar-refractivity contribution is -0.144. The van der Waals surface area contributed by atoms with Crippen molar-refractivity contribution in [3.05, 3.63) is 64.2 Å². The zero-order valence-electron chi connectivity index (χ0n) is 16.8. The Kier molecular flexibility index (Phi) is 6.19. The van der Waals surface area contributed by atoms with Crippen molar-refractivity contribution in [2.24, 2.45) is 0 Å². The lowest BCUT2D eigenvalue weighted by Crippen LogP contribution is -2.34. The summed E-state index contributed by atoms with van der Waals surface area (Å²) in [4.78, 5) is 24.7. The van der Waals surface area contributed by atoms with Gasteiger partial charge < -0.3 is 4.74 Å². The Morgan fingerprint density at radius 2 is 1.76 bits per heavy atom. The van der Waals surface area contributed by atoms with Crippen LogP contribution in [0.4, 0.5) is 0 Å². The number of ether oxygens (including phenoxy) is 1.